The summed E-state index contributed by atoms with van der Waals surface area (Å²) in [7, 11) is -3.48. The van der Waals surface area contributed by atoms with Gasteiger partial charge in [-0.1, -0.05) is 13.8 Å². The second kappa shape index (κ2) is 7.40. The Bertz CT molecular complexity index is 324. The molecule has 0 aliphatic carbocycles. The molecule has 0 unspecified atom stereocenters. The van der Waals surface area contributed by atoms with Crippen LogP contribution in [0.15, 0.2) is 0 Å². The first-order valence-electron chi connectivity index (χ1n) is 6.53. The van der Waals surface area contributed by atoms with Crippen LogP contribution in [0.3, 0.4) is 0 Å². The van der Waals surface area contributed by atoms with Crippen molar-refractivity contribution in [1.82, 2.24) is 8.61 Å². The van der Waals surface area contributed by atoms with E-state index in [-0.39, 0.29) is 19.2 Å². The van der Waals surface area contributed by atoms with Crippen molar-refractivity contribution in [3.8, 4) is 0 Å². The summed E-state index contributed by atoms with van der Waals surface area (Å²) >= 11 is 0. The molecule has 0 amide bonds. The molecule has 1 heterocycles. The lowest BCUT2D eigenvalue weighted by atomic mass is 10.2. The minimum atomic E-state index is -3.48. The molecule has 1 fully saturated rings. The number of rotatable bonds is 7. The van der Waals surface area contributed by atoms with Crippen LogP contribution in [0.5, 0.6) is 0 Å². The molecule has 0 radical (unpaired) electrons. The highest BCUT2D eigenvalue weighted by Gasteiger charge is 2.33. The Balaban J connectivity index is 2.87. The van der Waals surface area contributed by atoms with E-state index in [4.69, 9.17) is 9.84 Å². The molecule has 1 N–H and O–H groups in total. The molecule has 7 heteroatoms. The van der Waals surface area contributed by atoms with E-state index in [1.165, 1.54) is 8.61 Å². The molecule has 0 spiro atoms. The summed E-state index contributed by atoms with van der Waals surface area (Å²) in [5.41, 5.74) is 0. The average Bonchev–Trinajstić information content (AvgIpc) is 2.40. The minimum absolute atomic E-state index is 0.0509. The van der Waals surface area contributed by atoms with E-state index in [9.17, 15) is 8.42 Å². The third-order valence-corrected chi connectivity index (χ3v) is 5.35. The van der Waals surface area contributed by atoms with Crippen LogP contribution >= 0.6 is 0 Å². The Kier molecular flexibility index (Phi) is 6.51. The van der Waals surface area contributed by atoms with E-state index in [0.29, 0.717) is 26.3 Å². The lowest BCUT2D eigenvalue weighted by Crippen LogP contribution is -2.52. The highest BCUT2D eigenvalue weighted by atomic mass is 32.2. The molecule has 108 valence electrons. The number of hydrogen-bond donors (Lipinski definition) is 1. The largest absolute Gasteiger partial charge is 0.395 e. The van der Waals surface area contributed by atoms with Crippen molar-refractivity contribution in [3.63, 3.8) is 0 Å². The van der Waals surface area contributed by atoms with Crippen LogP contribution < -0.4 is 0 Å². The molecule has 1 rings (SSSR count). The summed E-state index contributed by atoms with van der Waals surface area (Å²) in [4.78, 5) is 0. The predicted molar refractivity (Wildman–Crippen MR) is 69.5 cm³/mol. The van der Waals surface area contributed by atoms with Crippen LogP contribution in [-0.2, 0) is 14.9 Å². The fourth-order valence-corrected chi connectivity index (χ4v) is 4.10. The van der Waals surface area contributed by atoms with Crippen LogP contribution in [0, 0.1) is 0 Å². The topological polar surface area (TPSA) is 70.1 Å². The monoisotopic (exact) mass is 280 g/mol. The van der Waals surface area contributed by atoms with Crippen molar-refractivity contribution in [3.05, 3.63) is 0 Å². The number of aliphatic hydroxyl groups is 1. The van der Waals surface area contributed by atoms with Crippen molar-refractivity contribution in [2.75, 3.05) is 39.5 Å². The zero-order chi connectivity index (χ0) is 13.6. The van der Waals surface area contributed by atoms with Gasteiger partial charge in [-0.05, 0) is 12.8 Å². The van der Waals surface area contributed by atoms with E-state index in [1.807, 2.05) is 13.8 Å². The normalized spacial score (nSPS) is 18.7. The molecule has 0 aromatic heterocycles. The zero-order valence-electron chi connectivity index (χ0n) is 11.2. The third-order valence-electron chi connectivity index (χ3n) is 3.26. The molecular formula is C11H24N2O4S. The molecule has 1 aliphatic heterocycles. The molecule has 0 bridgehead atoms. The van der Waals surface area contributed by atoms with Crippen LogP contribution in [0.25, 0.3) is 0 Å². The highest BCUT2D eigenvalue weighted by molar-refractivity contribution is 7.86. The van der Waals surface area contributed by atoms with Gasteiger partial charge < -0.3 is 9.84 Å². The summed E-state index contributed by atoms with van der Waals surface area (Å²) in [6, 6.07) is -0.0509. The van der Waals surface area contributed by atoms with Crippen molar-refractivity contribution < 1.29 is 18.3 Å². The van der Waals surface area contributed by atoms with Gasteiger partial charge in [0.15, 0.2) is 0 Å². The van der Waals surface area contributed by atoms with Gasteiger partial charge in [-0.25, -0.2) is 0 Å². The van der Waals surface area contributed by atoms with E-state index in [1.54, 1.807) is 0 Å². The molecular weight excluding hydrogens is 256 g/mol. The first-order chi connectivity index (χ1) is 8.57. The molecule has 0 aromatic carbocycles. The number of ether oxygens (including phenoxy) is 1. The van der Waals surface area contributed by atoms with Gasteiger partial charge in [0.1, 0.15) is 0 Å². The van der Waals surface area contributed by atoms with Crippen LogP contribution in [0.4, 0.5) is 0 Å². The fraction of sp³-hybridized carbons (Fsp3) is 1.00. The Morgan fingerprint density at radius 3 is 2.28 bits per heavy atom. The summed E-state index contributed by atoms with van der Waals surface area (Å²) in [5.74, 6) is 0. The van der Waals surface area contributed by atoms with E-state index in [2.05, 4.69) is 0 Å². The predicted octanol–water partition coefficient (Wildman–Crippen LogP) is 0.0463. The second-order valence-electron chi connectivity index (χ2n) is 4.32. The summed E-state index contributed by atoms with van der Waals surface area (Å²) in [6.07, 6.45) is 1.50. The summed E-state index contributed by atoms with van der Waals surface area (Å²) in [5, 5.41) is 9.09. The number of morpholine rings is 1. The molecule has 0 aromatic rings. The fourth-order valence-electron chi connectivity index (χ4n) is 2.21. The number of nitrogens with zero attached hydrogens (tertiary/aromatic N) is 2. The Labute approximate surface area is 110 Å². The summed E-state index contributed by atoms with van der Waals surface area (Å²) < 4.78 is 33.1. The van der Waals surface area contributed by atoms with Crippen LogP contribution in [-0.4, -0.2) is 67.6 Å². The number of aliphatic hydroxyl groups excluding tert-OH is 1. The van der Waals surface area contributed by atoms with Gasteiger partial charge in [-0.3, -0.25) is 0 Å². The average molecular weight is 280 g/mol. The van der Waals surface area contributed by atoms with Gasteiger partial charge in [0.2, 0.25) is 0 Å². The van der Waals surface area contributed by atoms with Gasteiger partial charge in [0.05, 0.1) is 19.8 Å². The van der Waals surface area contributed by atoms with E-state index >= 15 is 0 Å². The lowest BCUT2D eigenvalue weighted by Gasteiger charge is -2.35. The Morgan fingerprint density at radius 2 is 1.83 bits per heavy atom. The van der Waals surface area contributed by atoms with Crippen LogP contribution in [0.2, 0.25) is 0 Å². The van der Waals surface area contributed by atoms with Gasteiger partial charge in [0, 0.05) is 25.7 Å². The van der Waals surface area contributed by atoms with Gasteiger partial charge >= 0.3 is 0 Å². The first kappa shape index (κ1) is 15.8. The zero-order valence-corrected chi connectivity index (χ0v) is 12.0. The Morgan fingerprint density at radius 1 is 1.28 bits per heavy atom. The SMILES string of the molecule is CCC(CC)N(CCO)S(=O)(=O)N1CCOCC1. The molecule has 6 nitrogen and oxygen atoms in total. The smallest absolute Gasteiger partial charge is 0.282 e. The van der Waals surface area contributed by atoms with Crippen molar-refractivity contribution >= 4 is 10.2 Å². The van der Waals surface area contributed by atoms with Crippen molar-refractivity contribution in [2.45, 2.75) is 32.7 Å². The molecule has 1 saturated heterocycles. The quantitative estimate of drug-likeness (QED) is 0.715. The minimum Gasteiger partial charge on any atom is -0.395 e. The molecule has 0 saturated carbocycles. The molecule has 18 heavy (non-hydrogen) atoms. The Hall–Kier alpha value is -0.210. The first-order valence-corrected chi connectivity index (χ1v) is 7.93. The maximum absolute atomic E-state index is 12.5. The van der Waals surface area contributed by atoms with Crippen molar-refractivity contribution in [1.29, 1.82) is 0 Å². The molecule has 0 atom stereocenters. The number of hydrogen-bond acceptors (Lipinski definition) is 4. The maximum Gasteiger partial charge on any atom is 0.282 e. The van der Waals surface area contributed by atoms with E-state index < -0.39 is 10.2 Å². The van der Waals surface area contributed by atoms with Gasteiger partial charge in [-0.15, -0.1) is 0 Å². The highest BCUT2D eigenvalue weighted by Crippen LogP contribution is 2.18. The maximum atomic E-state index is 12.5. The third kappa shape index (κ3) is 3.64. The van der Waals surface area contributed by atoms with Gasteiger partial charge in [-0.2, -0.15) is 17.0 Å². The standard InChI is InChI=1S/C11H24N2O4S/c1-3-11(4-2)13(5-8-14)18(15,16)12-6-9-17-10-7-12/h11,14H,3-10H2,1-2H3. The van der Waals surface area contributed by atoms with E-state index in [0.717, 1.165) is 12.8 Å². The summed E-state index contributed by atoms with van der Waals surface area (Å²) in [6.45, 7) is 5.60. The lowest BCUT2D eigenvalue weighted by molar-refractivity contribution is 0.0683. The van der Waals surface area contributed by atoms with Gasteiger partial charge in [0.25, 0.3) is 10.2 Å². The molecule has 1 aliphatic rings. The second-order valence-corrected chi connectivity index (χ2v) is 6.20. The van der Waals surface area contributed by atoms with Crippen molar-refractivity contribution in [2.24, 2.45) is 0 Å². The van der Waals surface area contributed by atoms with Crippen LogP contribution in [0.1, 0.15) is 26.7 Å².